The number of carbonyl (C=O) groups excluding carboxylic acids is 5. The number of fused-ring (bicyclic) bond motifs is 2. The molecule has 0 aliphatic carbocycles. The number of alkyl halides is 1. The first-order chi connectivity index (χ1) is 28.8. The predicted octanol–water partition coefficient (Wildman–Crippen LogP) is 7.99. The molecule has 3 aromatic rings. The van der Waals surface area contributed by atoms with Gasteiger partial charge in [-0.2, -0.15) is 5.26 Å². The van der Waals surface area contributed by atoms with Gasteiger partial charge in [-0.05, 0) is 102 Å². The zero-order chi connectivity index (χ0) is 44.3. The first-order valence-corrected chi connectivity index (χ1v) is 23.0. The molecule has 17 heteroatoms. The van der Waals surface area contributed by atoms with E-state index in [1.54, 1.807) is 57.4 Å². The molecule has 0 saturated carbocycles. The summed E-state index contributed by atoms with van der Waals surface area (Å²) in [6, 6.07) is 16.2. The maximum absolute atomic E-state index is 16.3. The van der Waals surface area contributed by atoms with Crippen LogP contribution in [-0.4, -0.2) is 84.3 Å². The highest BCUT2D eigenvalue weighted by atomic mass is 32.1. The Hall–Kier alpha value is -4.68. The van der Waals surface area contributed by atoms with Crippen molar-refractivity contribution in [3.63, 3.8) is 0 Å². The number of thiophene rings is 1. The first-order valence-electron chi connectivity index (χ1n) is 20.6. The second-order valence-corrected chi connectivity index (χ2v) is 21.1. The highest BCUT2D eigenvalue weighted by Crippen LogP contribution is 2.62. The number of nitriles is 1. The van der Waals surface area contributed by atoms with Gasteiger partial charge in [-0.3, -0.25) is 37.6 Å². The van der Waals surface area contributed by atoms with Crippen LogP contribution in [0.5, 0.6) is 0 Å². The first kappa shape index (κ1) is 45.8. The normalized spacial score (nSPS) is 22.8. The number of ether oxygens (including phenoxy) is 2. The molecule has 14 nitrogen and oxygen atoms in total. The van der Waals surface area contributed by atoms with E-state index in [1.165, 1.54) is 18.2 Å². The Morgan fingerprint density at radius 1 is 0.902 bits per heavy atom. The molecule has 3 aliphatic heterocycles. The zero-order valence-electron chi connectivity index (χ0n) is 35.4. The Bertz CT molecular complexity index is 2180. The molecule has 328 valence electrons. The van der Waals surface area contributed by atoms with Crippen molar-refractivity contribution in [2.75, 3.05) is 26.7 Å². The summed E-state index contributed by atoms with van der Waals surface area (Å²) < 4.78 is 51.4. The van der Waals surface area contributed by atoms with Crippen LogP contribution in [0.3, 0.4) is 0 Å². The van der Waals surface area contributed by atoms with Gasteiger partial charge in [0.15, 0.2) is 0 Å². The van der Waals surface area contributed by atoms with Gasteiger partial charge < -0.3 is 24.6 Å². The summed E-state index contributed by atoms with van der Waals surface area (Å²) in [6.45, 7) is 8.47. The molecule has 3 aliphatic rings. The summed E-state index contributed by atoms with van der Waals surface area (Å²) in [6.07, 6.45) is 3.84. The summed E-state index contributed by atoms with van der Waals surface area (Å²) in [5.41, 5.74) is -0.990. The minimum atomic E-state index is -4.81. The van der Waals surface area contributed by atoms with Crippen LogP contribution in [0.2, 0.25) is 0 Å². The molecule has 2 aromatic carbocycles. The number of hydrogen-bond acceptors (Lipinski definition) is 12. The molecule has 6 atom stereocenters. The van der Waals surface area contributed by atoms with Gasteiger partial charge in [0.05, 0.1) is 27.7 Å². The molecule has 6 rings (SSSR count). The Balaban J connectivity index is 1.16. The SMILES string of the molecule is CC(C)(C)C(=O)OCOP(=O)(OCOC(=O)C(C)(C)C)[C@@H](F)c1ccc2sc(C(=O)NC3CCCCC4CC[C@@H](C(=O)N5C[C@H](c6ccccc6)[C@@H](C#N)C5)N4C3=O)cc2c1. The van der Waals surface area contributed by atoms with Gasteiger partial charge in [-0.25, -0.2) is 4.39 Å². The van der Waals surface area contributed by atoms with Crippen LogP contribution < -0.4 is 5.32 Å². The molecular weight excluding hydrogens is 827 g/mol. The molecule has 0 spiro atoms. The van der Waals surface area contributed by atoms with E-state index in [0.717, 1.165) is 29.7 Å². The second-order valence-electron chi connectivity index (χ2n) is 17.9. The van der Waals surface area contributed by atoms with E-state index in [4.69, 9.17) is 18.5 Å². The zero-order valence-corrected chi connectivity index (χ0v) is 37.1. The smallest absolute Gasteiger partial charge is 0.374 e. The number of likely N-dealkylation sites (tertiary alicyclic amines) is 1. The van der Waals surface area contributed by atoms with Crippen molar-refractivity contribution in [1.29, 1.82) is 5.26 Å². The fourth-order valence-electron chi connectivity index (χ4n) is 7.91. The number of esters is 2. The largest absolute Gasteiger partial charge is 0.438 e. The molecule has 3 amide bonds. The quantitative estimate of drug-likeness (QED) is 0.106. The van der Waals surface area contributed by atoms with Crippen molar-refractivity contribution in [2.45, 2.75) is 110 Å². The van der Waals surface area contributed by atoms with Crippen LogP contribution in [0.1, 0.15) is 113 Å². The summed E-state index contributed by atoms with van der Waals surface area (Å²) in [5, 5.41) is 13.3. The Morgan fingerprint density at radius 3 is 2.16 bits per heavy atom. The number of carbonyl (C=O) groups is 5. The van der Waals surface area contributed by atoms with Crippen LogP contribution in [0, 0.1) is 28.1 Å². The molecule has 3 fully saturated rings. The van der Waals surface area contributed by atoms with Crippen molar-refractivity contribution < 1.29 is 51.4 Å². The van der Waals surface area contributed by atoms with Gasteiger partial charge in [-0.15, -0.1) is 11.3 Å². The van der Waals surface area contributed by atoms with Crippen LogP contribution in [0.25, 0.3) is 10.1 Å². The molecule has 0 radical (unpaired) electrons. The standard InChI is InChI=1S/C44H54FN4O10PS/c1-43(2,3)41(53)56-25-58-60(55,59-26-57-42(54)44(4,5)6)37(45)28-16-19-35-29(20-28)21-36(61-35)38(50)47-33-15-11-10-14-31-17-18-34(49(31)39(33)51)40(52)48-23-30(22-46)32(24-48)27-12-8-7-9-13-27/h7-9,12-13,16,19-21,30-34,37H,10-11,14-15,17-18,23-26H2,1-6H3,(H,47,50)/t30-,31?,32+,33?,34-,37+/m0/s1. The Morgan fingerprint density at radius 2 is 1.54 bits per heavy atom. The molecular formula is C44H54FN4O10PS. The Kier molecular flexibility index (Phi) is 14.1. The van der Waals surface area contributed by atoms with Crippen LogP contribution in [0.4, 0.5) is 4.39 Å². The van der Waals surface area contributed by atoms with Gasteiger partial charge in [0.1, 0.15) is 12.1 Å². The molecule has 1 N–H and O–H groups in total. The molecule has 1 aromatic heterocycles. The van der Waals surface area contributed by atoms with E-state index < -0.39 is 67.9 Å². The van der Waals surface area contributed by atoms with Gasteiger partial charge in [-0.1, -0.05) is 49.2 Å². The van der Waals surface area contributed by atoms with Crippen molar-refractivity contribution in [2.24, 2.45) is 16.7 Å². The van der Waals surface area contributed by atoms with Gasteiger partial charge >= 0.3 is 19.5 Å². The number of halogens is 1. The topological polar surface area (TPSA) is 182 Å². The van der Waals surface area contributed by atoms with E-state index in [2.05, 4.69) is 11.4 Å². The van der Waals surface area contributed by atoms with E-state index in [-0.39, 0.29) is 46.7 Å². The molecule has 61 heavy (non-hydrogen) atoms. The van der Waals surface area contributed by atoms with Gasteiger partial charge in [0.25, 0.3) is 5.91 Å². The number of benzene rings is 2. The Labute approximate surface area is 359 Å². The fourth-order valence-corrected chi connectivity index (χ4v) is 10.1. The highest BCUT2D eigenvalue weighted by Gasteiger charge is 2.47. The minimum Gasteiger partial charge on any atom is -0.438 e. The summed E-state index contributed by atoms with van der Waals surface area (Å²) in [4.78, 5) is 70.6. The maximum Gasteiger partial charge on any atom is 0.374 e. The number of rotatable bonds is 12. The molecule has 0 bridgehead atoms. The number of nitrogens with one attached hydrogen (secondary N) is 1. The third-order valence-electron chi connectivity index (χ3n) is 11.3. The van der Waals surface area contributed by atoms with Crippen LogP contribution >= 0.6 is 18.9 Å². The lowest BCUT2D eigenvalue weighted by atomic mass is 9.90. The lowest BCUT2D eigenvalue weighted by Crippen LogP contribution is -2.56. The lowest BCUT2D eigenvalue weighted by molar-refractivity contribution is -0.162. The minimum absolute atomic E-state index is 0.128. The van der Waals surface area contributed by atoms with Crippen molar-refractivity contribution in [3.8, 4) is 6.07 Å². The second kappa shape index (κ2) is 18.7. The van der Waals surface area contributed by atoms with Gasteiger partial charge in [0.2, 0.25) is 31.3 Å². The van der Waals surface area contributed by atoms with E-state index in [0.29, 0.717) is 42.3 Å². The summed E-state index contributed by atoms with van der Waals surface area (Å²) in [5.74, 6) is -5.30. The molecule has 3 saturated heterocycles. The van der Waals surface area contributed by atoms with E-state index >= 15 is 4.39 Å². The van der Waals surface area contributed by atoms with E-state index in [9.17, 15) is 33.8 Å². The molecule has 2 unspecified atom stereocenters. The van der Waals surface area contributed by atoms with Crippen molar-refractivity contribution in [3.05, 3.63) is 70.6 Å². The summed E-state index contributed by atoms with van der Waals surface area (Å²) in [7, 11) is -4.81. The number of nitrogens with zero attached hydrogens (tertiary/aromatic N) is 3. The van der Waals surface area contributed by atoms with Crippen molar-refractivity contribution in [1.82, 2.24) is 15.1 Å². The fraction of sp³-hybridized carbons (Fsp3) is 0.545. The van der Waals surface area contributed by atoms with E-state index in [1.807, 2.05) is 30.3 Å². The average molecular weight is 881 g/mol. The van der Waals surface area contributed by atoms with Crippen molar-refractivity contribution >= 4 is 58.7 Å². The lowest BCUT2D eigenvalue weighted by Gasteiger charge is -2.36. The third-order valence-corrected chi connectivity index (χ3v) is 14.2. The van der Waals surface area contributed by atoms with Crippen LogP contribution in [0.15, 0.2) is 54.6 Å². The maximum atomic E-state index is 16.3. The predicted molar refractivity (Wildman–Crippen MR) is 225 cm³/mol. The number of hydrogen-bond donors (Lipinski definition) is 1. The average Bonchev–Trinajstić information content (AvgIpc) is 3.97. The van der Waals surface area contributed by atoms with Crippen LogP contribution in [-0.2, 0) is 42.3 Å². The summed E-state index contributed by atoms with van der Waals surface area (Å²) >= 11 is 1.12. The number of amides is 3. The highest BCUT2D eigenvalue weighted by molar-refractivity contribution is 7.54. The monoisotopic (exact) mass is 880 g/mol. The third kappa shape index (κ3) is 10.5. The molecule has 4 heterocycles. The van der Waals surface area contributed by atoms with Gasteiger partial charge in [0, 0.05) is 29.7 Å².